The van der Waals surface area contributed by atoms with E-state index in [0.717, 1.165) is 0 Å². The van der Waals surface area contributed by atoms with Crippen LogP contribution < -0.4 is 14.4 Å². The first-order valence-corrected chi connectivity index (χ1v) is 11.2. The number of Topliss-reactive ketones (excluding diaryl/α,β-unsaturated/α-hetero) is 1. The fourth-order valence-corrected chi connectivity index (χ4v) is 4.14. The number of hydrogen-bond acceptors (Lipinski definition) is 6. The molecule has 4 rings (SSSR count). The van der Waals surface area contributed by atoms with Crippen molar-refractivity contribution >= 4 is 34.7 Å². The van der Waals surface area contributed by atoms with Gasteiger partial charge in [0.25, 0.3) is 11.7 Å². The Morgan fingerprint density at radius 3 is 2.35 bits per heavy atom. The number of pyridine rings is 1. The number of hydrogen-bond donors (Lipinski definition) is 1. The lowest BCUT2D eigenvalue weighted by atomic mass is 9.95. The van der Waals surface area contributed by atoms with Crippen molar-refractivity contribution in [2.24, 2.45) is 0 Å². The third-order valence-electron chi connectivity index (χ3n) is 5.38. The minimum Gasteiger partial charge on any atom is -0.507 e. The maximum absolute atomic E-state index is 13.3. The summed E-state index contributed by atoms with van der Waals surface area (Å²) in [6.07, 6.45) is 3.13. The lowest BCUT2D eigenvalue weighted by Crippen LogP contribution is -2.29. The van der Waals surface area contributed by atoms with Gasteiger partial charge in [0.15, 0.2) is 0 Å². The van der Waals surface area contributed by atoms with Crippen molar-refractivity contribution < 1.29 is 24.2 Å². The Morgan fingerprint density at radius 1 is 1.00 bits per heavy atom. The van der Waals surface area contributed by atoms with Crippen molar-refractivity contribution in [1.29, 1.82) is 0 Å². The molecule has 1 aliphatic heterocycles. The number of rotatable bonds is 7. The summed E-state index contributed by atoms with van der Waals surface area (Å²) in [5.74, 6) is -0.932. The van der Waals surface area contributed by atoms with E-state index < -0.39 is 17.7 Å². The van der Waals surface area contributed by atoms with E-state index in [1.807, 2.05) is 13.8 Å². The zero-order chi connectivity index (χ0) is 24.2. The minimum atomic E-state index is -0.897. The van der Waals surface area contributed by atoms with Crippen molar-refractivity contribution in [3.05, 3.63) is 88.7 Å². The number of benzene rings is 2. The third-order valence-corrected chi connectivity index (χ3v) is 5.71. The second kappa shape index (κ2) is 9.97. The molecule has 1 aliphatic rings. The molecule has 8 heteroatoms. The molecule has 3 aromatic rings. The zero-order valence-corrected chi connectivity index (χ0v) is 19.5. The van der Waals surface area contributed by atoms with E-state index in [0.29, 0.717) is 36.0 Å². The van der Waals surface area contributed by atoms with Gasteiger partial charge in [-0.1, -0.05) is 17.7 Å². The molecule has 1 atom stereocenters. The van der Waals surface area contributed by atoms with Gasteiger partial charge in [0, 0.05) is 29.7 Å². The molecule has 7 nitrogen and oxygen atoms in total. The number of carbonyl (C=O) groups excluding carboxylic acids is 2. The Balaban J connectivity index is 1.92. The molecule has 0 bridgehead atoms. The number of anilines is 1. The van der Waals surface area contributed by atoms with E-state index in [2.05, 4.69) is 4.98 Å². The monoisotopic (exact) mass is 478 g/mol. The third kappa shape index (κ3) is 4.34. The molecule has 0 aliphatic carbocycles. The van der Waals surface area contributed by atoms with Gasteiger partial charge in [-0.3, -0.25) is 19.5 Å². The van der Waals surface area contributed by atoms with Crippen LogP contribution in [0.1, 0.15) is 31.0 Å². The Kier molecular flexibility index (Phi) is 6.84. The molecular formula is C26H23ClN2O5. The van der Waals surface area contributed by atoms with Crippen LogP contribution in [0.2, 0.25) is 5.02 Å². The number of halogens is 1. The van der Waals surface area contributed by atoms with Crippen LogP contribution in [0, 0.1) is 0 Å². The lowest BCUT2D eigenvalue weighted by Gasteiger charge is -2.25. The summed E-state index contributed by atoms with van der Waals surface area (Å²) in [5.41, 5.74) is 1.19. The van der Waals surface area contributed by atoms with Crippen LogP contribution >= 0.6 is 11.6 Å². The standard InChI is InChI=1S/C26H23ClN2O5/c1-3-33-18-7-5-6-17(14-18)29-23(16-10-12-28-13-11-16)22(25(31)26(29)32)24(30)20-15-19(34-4-2)8-9-21(20)27/h5-15,23,30H,3-4H2,1-2H3/b24-22+. The molecule has 2 aromatic carbocycles. The smallest absolute Gasteiger partial charge is 0.300 e. The molecule has 0 saturated carbocycles. The highest BCUT2D eigenvalue weighted by atomic mass is 35.5. The van der Waals surface area contributed by atoms with Crippen molar-refractivity contribution in [3.8, 4) is 11.5 Å². The van der Waals surface area contributed by atoms with E-state index >= 15 is 0 Å². The average Bonchev–Trinajstić information content (AvgIpc) is 3.11. The molecule has 1 amide bonds. The molecule has 1 N–H and O–H groups in total. The van der Waals surface area contributed by atoms with Gasteiger partial charge in [-0.2, -0.15) is 0 Å². The minimum absolute atomic E-state index is 0.0754. The average molecular weight is 479 g/mol. The van der Waals surface area contributed by atoms with E-state index in [9.17, 15) is 14.7 Å². The summed E-state index contributed by atoms with van der Waals surface area (Å²) in [7, 11) is 0. The zero-order valence-electron chi connectivity index (χ0n) is 18.7. The molecule has 34 heavy (non-hydrogen) atoms. The highest BCUT2D eigenvalue weighted by molar-refractivity contribution is 6.52. The molecule has 0 spiro atoms. The Labute approximate surface area is 202 Å². The van der Waals surface area contributed by atoms with E-state index in [-0.39, 0.29) is 21.9 Å². The number of ketones is 1. The molecule has 1 fully saturated rings. The van der Waals surface area contributed by atoms with Crippen molar-refractivity contribution in [1.82, 2.24) is 4.98 Å². The molecule has 1 unspecified atom stereocenters. The summed E-state index contributed by atoms with van der Waals surface area (Å²) < 4.78 is 11.1. The maximum Gasteiger partial charge on any atom is 0.300 e. The Hall–Kier alpha value is -3.84. The summed E-state index contributed by atoms with van der Waals surface area (Å²) in [6, 6.07) is 14.2. The topological polar surface area (TPSA) is 89.0 Å². The number of amides is 1. The SMILES string of the molecule is CCOc1cccc(N2C(=O)C(=O)/C(=C(/O)c3cc(OCC)ccc3Cl)C2c2ccncc2)c1. The van der Waals surface area contributed by atoms with E-state index in [1.54, 1.807) is 67.0 Å². The predicted octanol–water partition coefficient (Wildman–Crippen LogP) is 5.16. The maximum atomic E-state index is 13.3. The fourth-order valence-electron chi connectivity index (χ4n) is 3.94. The second-order valence-electron chi connectivity index (χ2n) is 7.45. The molecule has 2 heterocycles. The van der Waals surface area contributed by atoms with Gasteiger partial charge in [0.1, 0.15) is 17.3 Å². The van der Waals surface area contributed by atoms with Crippen LogP contribution in [0.15, 0.2) is 72.6 Å². The van der Waals surface area contributed by atoms with E-state index in [1.165, 1.54) is 4.90 Å². The quantitative estimate of drug-likeness (QED) is 0.286. The van der Waals surface area contributed by atoms with Crippen LogP contribution in [0.4, 0.5) is 5.69 Å². The van der Waals surface area contributed by atoms with Gasteiger partial charge in [0.2, 0.25) is 0 Å². The highest BCUT2D eigenvalue weighted by Crippen LogP contribution is 2.43. The Morgan fingerprint density at radius 2 is 1.68 bits per heavy atom. The van der Waals surface area contributed by atoms with Crippen LogP contribution in [-0.4, -0.2) is 35.0 Å². The molecule has 1 saturated heterocycles. The van der Waals surface area contributed by atoms with Gasteiger partial charge in [-0.05, 0) is 61.9 Å². The number of aromatic nitrogens is 1. The molecular weight excluding hydrogens is 456 g/mol. The number of aliphatic hydroxyl groups excluding tert-OH is 1. The summed E-state index contributed by atoms with van der Waals surface area (Å²) in [5, 5.41) is 11.5. The summed E-state index contributed by atoms with van der Waals surface area (Å²) >= 11 is 6.37. The first-order valence-electron chi connectivity index (χ1n) is 10.8. The molecule has 1 aromatic heterocycles. The molecule has 0 radical (unpaired) electrons. The number of nitrogens with zero attached hydrogens (tertiary/aromatic N) is 2. The number of ether oxygens (including phenoxy) is 2. The van der Waals surface area contributed by atoms with Crippen LogP contribution in [0.5, 0.6) is 11.5 Å². The highest BCUT2D eigenvalue weighted by Gasteiger charge is 2.47. The largest absolute Gasteiger partial charge is 0.507 e. The lowest BCUT2D eigenvalue weighted by molar-refractivity contribution is -0.132. The van der Waals surface area contributed by atoms with Crippen molar-refractivity contribution in [2.45, 2.75) is 19.9 Å². The normalized spacial score (nSPS) is 17.1. The Bertz CT molecular complexity index is 1260. The van der Waals surface area contributed by atoms with Gasteiger partial charge >= 0.3 is 0 Å². The van der Waals surface area contributed by atoms with Gasteiger partial charge in [-0.15, -0.1) is 0 Å². The van der Waals surface area contributed by atoms with Crippen LogP contribution in [0.3, 0.4) is 0 Å². The number of aliphatic hydroxyl groups is 1. The second-order valence-corrected chi connectivity index (χ2v) is 7.86. The number of carbonyl (C=O) groups is 2. The van der Waals surface area contributed by atoms with Gasteiger partial charge in [0.05, 0.1) is 29.9 Å². The fraction of sp³-hybridized carbons (Fsp3) is 0.192. The summed E-state index contributed by atoms with van der Waals surface area (Å²) in [4.78, 5) is 32.0. The van der Waals surface area contributed by atoms with Crippen molar-refractivity contribution in [3.63, 3.8) is 0 Å². The predicted molar refractivity (Wildman–Crippen MR) is 129 cm³/mol. The van der Waals surface area contributed by atoms with Gasteiger partial charge < -0.3 is 14.6 Å². The first kappa shape index (κ1) is 23.3. The van der Waals surface area contributed by atoms with E-state index in [4.69, 9.17) is 21.1 Å². The first-order chi connectivity index (χ1) is 16.5. The van der Waals surface area contributed by atoms with Gasteiger partial charge in [-0.25, -0.2) is 0 Å². The molecule has 174 valence electrons. The van der Waals surface area contributed by atoms with Crippen molar-refractivity contribution in [2.75, 3.05) is 18.1 Å². The van der Waals surface area contributed by atoms with Crippen LogP contribution in [-0.2, 0) is 9.59 Å². The summed E-state index contributed by atoms with van der Waals surface area (Å²) in [6.45, 7) is 4.56. The van der Waals surface area contributed by atoms with Crippen LogP contribution in [0.25, 0.3) is 5.76 Å².